The van der Waals surface area contributed by atoms with E-state index in [1.807, 2.05) is 0 Å². The van der Waals surface area contributed by atoms with Gasteiger partial charge in [-0.2, -0.15) is 0 Å². The normalized spacial score (nSPS) is 26.3. The van der Waals surface area contributed by atoms with Crippen LogP contribution in [-0.4, -0.2) is 19.6 Å². The van der Waals surface area contributed by atoms with Gasteiger partial charge in [-0.05, 0) is 17.9 Å². The lowest BCUT2D eigenvalue weighted by molar-refractivity contribution is 0.116. The van der Waals surface area contributed by atoms with Crippen molar-refractivity contribution in [2.45, 2.75) is 11.9 Å². The fourth-order valence-corrected chi connectivity index (χ4v) is 1.39. The van der Waals surface area contributed by atoms with E-state index in [1.54, 1.807) is 0 Å². The van der Waals surface area contributed by atoms with Crippen LogP contribution in [0.1, 0.15) is 11.7 Å². The molecule has 1 aromatic carbocycles. The zero-order valence-corrected chi connectivity index (χ0v) is 6.90. The molecule has 1 N–H and O–H groups in total. The second-order valence-corrected chi connectivity index (χ2v) is 3.10. The number of rotatable bonds is 0. The second kappa shape index (κ2) is 3.03. The summed E-state index contributed by atoms with van der Waals surface area (Å²) in [6.45, 7) is 0.220. The van der Waals surface area contributed by atoms with Gasteiger partial charge in [0.25, 0.3) is 0 Å². The molecule has 0 fully saturated rings. The van der Waals surface area contributed by atoms with Crippen LogP contribution in [0.4, 0.5) is 4.39 Å². The number of fused-ring (bicyclic) bond motifs is 1. The van der Waals surface area contributed by atoms with Gasteiger partial charge in [-0.25, -0.2) is 4.39 Å². The quantitative estimate of drug-likeness (QED) is 0.605. The molecule has 0 aromatic heterocycles. The molecular weight excluding hydrogens is 170 g/mol. The van der Waals surface area contributed by atoms with Crippen molar-refractivity contribution in [1.82, 2.24) is 0 Å². The highest BCUT2D eigenvalue weighted by atomic mass is 19.1. The molecule has 0 aliphatic carbocycles. The molecule has 2 unspecified atom stereocenters. The maximum absolute atomic E-state index is 12.7. The van der Waals surface area contributed by atoms with E-state index in [-0.39, 0.29) is 12.4 Å². The molecular formula is C9H8BFO2. The first-order chi connectivity index (χ1) is 6.18. The Morgan fingerprint density at radius 2 is 2.31 bits per heavy atom. The molecule has 1 aliphatic rings. The van der Waals surface area contributed by atoms with Crippen LogP contribution in [0.2, 0.25) is 5.82 Å². The molecule has 1 aromatic rings. The summed E-state index contributed by atoms with van der Waals surface area (Å²) in [7, 11) is 5.56. The van der Waals surface area contributed by atoms with Gasteiger partial charge in [0.15, 0.2) is 0 Å². The van der Waals surface area contributed by atoms with Crippen LogP contribution in [0.3, 0.4) is 0 Å². The maximum Gasteiger partial charge on any atom is 0.127 e. The van der Waals surface area contributed by atoms with Crippen LogP contribution in [0.15, 0.2) is 18.2 Å². The summed E-state index contributed by atoms with van der Waals surface area (Å²) in [6.07, 6.45) is -0.760. The van der Waals surface area contributed by atoms with Crippen molar-refractivity contribution >= 4 is 7.85 Å². The fourth-order valence-electron chi connectivity index (χ4n) is 1.39. The number of aliphatic hydroxyl groups excluding tert-OH is 1. The minimum atomic E-state index is -0.760. The zero-order valence-electron chi connectivity index (χ0n) is 6.90. The number of hydrogen-bond donors (Lipinski definition) is 1. The molecule has 0 amide bonds. The molecule has 13 heavy (non-hydrogen) atoms. The van der Waals surface area contributed by atoms with Crippen molar-refractivity contribution in [2.24, 2.45) is 0 Å². The van der Waals surface area contributed by atoms with Gasteiger partial charge in [-0.3, -0.25) is 0 Å². The summed E-state index contributed by atoms with van der Waals surface area (Å²) in [6, 6.07) is 4.03. The minimum absolute atomic E-state index is 0.220. The first-order valence-corrected chi connectivity index (χ1v) is 4.04. The Kier molecular flexibility index (Phi) is 2.00. The molecule has 0 saturated heterocycles. The van der Waals surface area contributed by atoms with E-state index in [9.17, 15) is 9.50 Å². The van der Waals surface area contributed by atoms with E-state index >= 15 is 0 Å². The summed E-state index contributed by atoms with van der Waals surface area (Å²) in [5, 5.41) is 9.59. The van der Waals surface area contributed by atoms with Crippen molar-refractivity contribution in [3.8, 4) is 5.75 Å². The number of halogens is 1. The third-order valence-electron chi connectivity index (χ3n) is 2.13. The molecule has 2 atom stereocenters. The third-order valence-corrected chi connectivity index (χ3v) is 2.13. The van der Waals surface area contributed by atoms with E-state index in [0.29, 0.717) is 11.3 Å². The predicted molar refractivity (Wildman–Crippen MR) is 46.4 cm³/mol. The van der Waals surface area contributed by atoms with Crippen LogP contribution >= 0.6 is 0 Å². The van der Waals surface area contributed by atoms with Gasteiger partial charge in [0.1, 0.15) is 11.6 Å². The van der Waals surface area contributed by atoms with Crippen LogP contribution in [0, 0.1) is 5.82 Å². The van der Waals surface area contributed by atoms with Gasteiger partial charge < -0.3 is 9.84 Å². The number of hydrogen-bond acceptors (Lipinski definition) is 2. The lowest BCUT2D eigenvalue weighted by atomic mass is 9.79. The largest absolute Gasteiger partial charge is 0.493 e. The molecule has 1 heterocycles. The molecule has 0 bridgehead atoms. The van der Waals surface area contributed by atoms with Crippen molar-refractivity contribution in [3.05, 3.63) is 29.6 Å². The van der Waals surface area contributed by atoms with E-state index in [0.717, 1.165) is 0 Å². The highest BCUT2D eigenvalue weighted by Crippen LogP contribution is 2.36. The Balaban J connectivity index is 2.44. The van der Waals surface area contributed by atoms with E-state index < -0.39 is 11.9 Å². The van der Waals surface area contributed by atoms with Gasteiger partial charge in [0, 0.05) is 11.6 Å². The molecule has 1 aliphatic heterocycles. The van der Waals surface area contributed by atoms with E-state index in [2.05, 4.69) is 0 Å². The summed E-state index contributed by atoms with van der Waals surface area (Å²) in [4.78, 5) is 0. The van der Waals surface area contributed by atoms with Crippen molar-refractivity contribution < 1.29 is 14.2 Å². The van der Waals surface area contributed by atoms with Crippen LogP contribution in [0.5, 0.6) is 5.75 Å². The number of aliphatic hydroxyl groups is 1. The highest BCUT2D eigenvalue weighted by molar-refractivity contribution is 6.12. The average Bonchev–Trinajstić information content (AvgIpc) is 2.12. The predicted octanol–water partition coefficient (Wildman–Crippen LogP) is 1.21. The topological polar surface area (TPSA) is 29.5 Å². The summed E-state index contributed by atoms with van der Waals surface area (Å²) >= 11 is 0. The van der Waals surface area contributed by atoms with Crippen LogP contribution < -0.4 is 4.74 Å². The highest BCUT2D eigenvalue weighted by Gasteiger charge is 2.25. The van der Waals surface area contributed by atoms with Crippen LogP contribution in [0.25, 0.3) is 0 Å². The lowest BCUT2D eigenvalue weighted by Crippen LogP contribution is -2.21. The standard InChI is InChI=1S/C9H8BFO2/c10-7-4-13-8-3-5(11)1-2-6(8)9(7)12/h1-3,7,9,12H,4H2. The first-order valence-electron chi connectivity index (χ1n) is 4.04. The Labute approximate surface area is 76.7 Å². The summed E-state index contributed by atoms with van der Waals surface area (Å²) < 4.78 is 17.9. The van der Waals surface area contributed by atoms with Crippen molar-refractivity contribution in [2.75, 3.05) is 6.61 Å². The Morgan fingerprint density at radius 1 is 1.54 bits per heavy atom. The Hall–Kier alpha value is -1.03. The Bertz CT molecular complexity index is 329. The Morgan fingerprint density at radius 3 is 3.08 bits per heavy atom. The van der Waals surface area contributed by atoms with Crippen molar-refractivity contribution in [3.63, 3.8) is 0 Å². The van der Waals surface area contributed by atoms with Crippen molar-refractivity contribution in [1.29, 1.82) is 0 Å². The monoisotopic (exact) mass is 178 g/mol. The summed E-state index contributed by atoms with van der Waals surface area (Å²) in [5.41, 5.74) is 0.556. The molecule has 0 saturated carbocycles. The molecule has 2 rings (SSSR count). The molecule has 0 spiro atoms. The molecule has 2 nitrogen and oxygen atoms in total. The minimum Gasteiger partial charge on any atom is -0.493 e. The van der Waals surface area contributed by atoms with Gasteiger partial charge >= 0.3 is 0 Å². The van der Waals surface area contributed by atoms with Gasteiger partial charge in [-0.15, -0.1) is 0 Å². The van der Waals surface area contributed by atoms with E-state index in [1.165, 1.54) is 18.2 Å². The average molecular weight is 178 g/mol. The second-order valence-electron chi connectivity index (χ2n) is 3.10. The number of benzene rings is 1. The zero-order chi connectivity index (χ0) is 9.42. The SMILES string of the molecule is [B]C1COc2cc(F)ccc2C1O. The third kappa shape index (κ3) is 1.42. The smallest absolute Gasteiger partial charge is 0.127 e. The van der Waals surface area contributed by atoms with Gasteiger partial charge in [0.2, 0.25) is 0 Å². The molecule has 66 valence electrons. The first kappa shape index (κ1) is 8.57. The lowest BCUT2D eigenvalue weighted by Gasteiger charge is -2.27. The molecule has 2 radical (unpaired) electrons. The number of ether oxygens (including phenoxy) is 1. The summed E-state index contributed by atoms with van der Waals surface area (Å²) in [5.74, 6) is -0.423. The van der Waals surface area contributed by atoms with Crippen LogP contribution in [-0.2, 0) is 0 Å². The van der Waals surface area contributed by atoms with Gasteiger partial charge in [-0.1, -0.05) is 0 Å². The van der Waals surface area contributed by atoms with Gasteiger partial charge in [0.05, 0.1) is 20.6 Å². The van der Waals surface area contributed by atoms with E-state index in [4.69, 9.17) is 12.6 Å². The maximum atomic E-state index is 12.7. The fraction of sp³-hybridized carbons (Fsp3) is 0.333. The molecule has 4 heteroatoms.